The molecule has 0 amide bonds. The van der Waals surface area contributed by atoms with Gasteiger partial charge in [0.15, 0.2) is 0 Å². The first-order valence-corrected chi connectivity index (χ1v) is 9.54. The van der Waals surface area contributed by atoms with E-state index in [2.05, 4.69) is 0 Å². The Morgan fingerprint density at radius 3 is 2.57 bits per heavy atom. The van der Waals surface area contributed by atoms with Gasteiger partial charge in [0.05, 0.1) is 25.1 Å². The first-order valence-electron chi connectivity index (χ1n) is 7.93. The molecule has 5 nitrogen and oxygen atoms in total. The van der Waals surface area contributed by atoms with Gasteiger partial charge in [-0.05, 0) is 25.8 Å². The Morgan fingerprint density at radius 1 is 1.22 bits per heavy atom. The topological polar surface area (TPSA) is 55.8 Å². The smallest absolute Gasteiger partial charge is 0.218 e. The van der Waals surface area contributed by atoms with Crippen molar-refractivity contribution < 1.29 is 22.3 Å². The van der Waals surface area contributed by atoms with E-state index in [1.54, 1.807) is 12.1 Å². The predicted octanol–water partition coefficient (Wildman–Crippen LogP) is 2.17. The van der Waals surface area contributed by atoms with E-state index in [9.17, 15) is 12.8 Å². The van der Waals surface area contributed by atoms with Crippen molar-refractivity contribution in [3.63, 3.8) is 0 Å². The van der Waals surface area contributed by atoms with Crippen LogP contribution in [-0.4, -0.2) is 51.7 Å². The zero-order valence-corrected chi connectivity index (χ0v) is 14.2. The number of nitrogens with zero attached hydrogens (tertiary/aromatic N) is 1. The molecule has 1 aliphatic rings. The quantitative estimate of drug-likeness (QED) is 0.678. The lowest BCUT2D eigenvalue weighted by atomic mass is 10.1. The van der Waals surface area contributed by atoms with Gasteiger partial charge in [-0.1, -0.05) is 18.2 Å². The van der Waals surface area contributed by atoms with Crippen LogP contribution in [0.3, 0.4) is 0 Å². The van der Waals surface area contributed by atoms with Crippen LogP contribution < -0.4 is 0 Å². The Hall–Kier alpha value is -1.02. The van der Waals surface area contributed by atoms with Crippen LogP contribution in [0.2, 0.25) is 0 Å². The van der Waals surface area contributed by atoms with Crippen molar-refractivity contribution in [3.05, 3.63) is 35.6 Å². The van der Waals surface area contributed by atoms with Gasteiger partial charge in [-0.25, -0.2) is 17.1 Å². The van der Waals surface area contributed by atoms with Gasteiger partial charge in [-0.2, -0.15) is 0 Å². The second-order valence-corrected chi connectivity index (χ2v) is 7.48. The average molecular weight is 345 g/mol. The van der Waals surface area contributed by atoms with Crippen LogP contribution in [0.15, 0.2) is 24.3 Å². The van der Waals surface area contributed by atoms with Gasteiger partial charge < -0.3 is 9.47 Å². The van der Waals surface area contributed by atoms with E-state index in [-0.39, 0.29) is 17.4 Å². The molecule has 0 saturated carbocycles. The highest BCUT2D eigenvalue weighted by Gasteiger charge is 2.29. The lowest BCUT2D eigenvalue weighted by Gasteiger charge is -2.31. The highest BCUT2D eigenvalue weighted by Crippen LogP contribution is 2.20. The highest BCUT2D eigenvalue weighted by molar-refractivity contribution is 7.88. The van der Waals surface area contributed by atoms with E-state index in [1.165, 1.54) is 16.4 Å². The van der Waals surface area contributed by atoms with E-state index in [1.807, 2.05) is 6.92 Å². The minimum absolute atomic E-state index is 0.0652. The maximum Gasteiger partial charge on any atom is 0.218 e. The van der Waals surface area contributed by atoms with E-state index in [0.29, 0.717) is 45.8 Å². The number of rotatable bonds is 8. The summed E-state index contributed by atoms with van der Waals surface area (Å²) >= 11 is 0. The molecule has 1 fully saturated rings. The Balaban J connectivity index is 1.83. The van der Waals surface area contributed by atoms with Crippen LogP contribution in [0, 0.1) is 5.82 Å². The third-order valence-electron chi connectivity index (χ3n) is 3.88. The zero-order valence-electron chi connectivity index (χ0n) is 13.4. The van der Waals surface area contributed by atoms with E-state index in [0.717, 1.165) is 0 Å². The van der Waals surface area contributed by atoms with Crippen LogP contribution >= 0.6 is 0 Å². The van der Waals surface area contributed by atoms with Crippen molar-refractivity contribution in [2.24, 2.45) is 0 Å². The molecule has 0 bridgehead atoms. The van der Waals surface area contributed by atoms with Gasteiger partial charge in [0, 0.05) is 25.3 Å². The average Bonchev–Trinajstić information content (AvgIpc) is 2.54. The molecule has 1 aromatic carbocycles. The normalized spacial score (nSPS) is 17.5. The molecule has 1 aromatic rings. The molecular weight excluding hydrogens is 321 g/mol. The van der Waals surface area contributed by atoms with Crippen molar-refractivity contribution in [2.45, 2.75) is 31.6 Å². The fourth-order valence-corrected chi connectivity index (χ4v) is 4.18. The summed E-state index contributed by atoms with van der Waals surface area (Å²) in [6.07, 6.45) is 1.38. The monoisotopic (exact) mass is 345 g/mol. The third kappa shape index (κ3) is 5.53. The van der Waals surface area contributed by atoms with Gasteiger partial charge in [0.25, 0.3) is 0 Å². The van der Waals surface area contributed by atoms with Gasteiger partial charge in [0.1, 0.15) is 5.82 Å². The summed E-state index contributed by atoms with van der Waals surface area (Å²) in [4.78, 5) is 0. The maximum absolute atomic E-state index is 13.6. The molecule has 0 radical (unpaired) electrons. The Bertz CT molecular complexity index is 585. The van der Waals surface area contributed by atoms with Crippen molar-refractivity contribution >= 4 is 10.0 Å². The predicted molar refractivity (Wildman–Crippen MR) is 86.1 cm³/mol. The fraction of sp³-hybridized carbons (Fsp3) is 0.625. The molecule has 0 aliphatic carbocycles. The second-order valence-electron chi connectivity index (χ2n) is 5.51. The van der Waals surface area contributed by atoms with Crippen LogP contribution in [0.4, 0.5) is 4.39 Å². The van der Waals surface area contributed by atoms with E-state index in [4.69, 9.17) is 9.47 Å². The lowest BCUT2D eigenvalue weighted by Crippen LogP contribution is -2.41. The molecule has 1 aliphatic heterocycles. The molecule has 1 heterocycles. The molecule has 130 valence electrons. The maximum atomic E-state index is 13.6. The van der Waals surface area contributed by atoms with Crippen molar-refractivity contribution in [1.82, 2.24) is 4.31 Å². The largest absolute Gasteiger partial charge is 0.379 e. The summed E-state index contributed by atoms with van der Waals surface area (Å²) in [7, 11) is -3.50. The molecule has 0 atom stereocenters. The summed E-state index contributed by atoms with van der Waals surface area (Å²) < 4.78 is 50.8. The summed E-state index contributed by atoms with van der Waals surface area (Å²) in [5.41, 5.74) is 0.211. The first kappa shape index (κ1) is 18.3. The summed E-state index contributed by atoms with van der Waals surface area (Å²) in [5, 5.41) is 0. The minimum atomic E-state index is -3.50. The SMILES string of the molecule is CCOCCOC1CCN(S(=O)(=O)Cc2ccccc2F)CC1. The number of piperidine rings is 1. The molecule has 7 heteroatoms. The van der Waals surface area contributed by atoms with Crippen LogP contribution in [0.25, 0.3) is 0 Å². The van der Waals surface area contributed by atoms with Crippen LogP contribution in [0.1, 0.15) is 25.3 Å². The summed E-state index contributed by atoms with van der Waals surface area (Å²) in [6.45, 7) is 4.50. The zero-order chi connectivity index (χ0) is 16.7. The van der Waals surface area contributed by atoms with Gasteiger partial charge in [0.2, 0.25) is 10.0 Å². The third-order valence-corrected chi connectivity index (χ3v) is 5.70. The highest BCUT2D eigenvalue weighted by atomic mass is 32.2. The number of hydrogen-bond donors (Lipinski definition) is 0. The van der Waals surface area contributed by atoms with Crippen molar-refractivity contribution in [2.75, 3.05) is 32.9 Å². The lowest BCUT2D eigenvalue weighted by molar-refractivity contribution is -0.0121. The van der Waals surface area contributed by atoms with E-state index < -0.39 is 15.8 Å². The number of benzene rings is 1. The molecule has 2 rings (SSSR count). The Kier molecular flexibility index (Phi) is 6.95. The number of sulfonamides is 1. The molecular formula is C16H24FNO4S. The Labute approximate surface area is 137 Å². The molecule has 0 aromatic heterocycles. The van der Waals surface area contributed by atoms with Crippen LogP contribution in [0.5, 0.6) is 0 Å². The van der Waals surface area contributed by atoms with Crippen molar-refractivity contribution in [1.29, 1.82) is 0 Å². The standard InChI is InChI=1S/C16H24FNO4S/c1-2-21-11-12-22-15-7-9-18(10-8-15)23(19,20)13-14-5-3-4-6-16(14)17/h3-6,15H,2,7-13H2,1H3. The fourth-order valence-electron chi connectivity index (χ4n) is 2.60. The van der Waals surface area contributed by atoms with Gasteiger partial charge in [-0.3, -0.25) is 0 Å². The Morgan fingerprint density at radius 2 is 1.91 bits per heavy atom. The molecule has 23 heavy (non-hydrogen) atoms. The second kappa shape index (κ2) is 8.73. The van der Waals surface area contributed by atoms with Crippen LogP contribution in [-0.2, 0) is 25.2 Å². The summed E-state index contributed by atoms with van der Waals surface area (Å²) in [6, 6.07) is 5.99. The summed E-state index contributed by atoms with van der Waals surface area (Å²) in [5.74, 6) is -0.777. The number of hydrogen-bond acceptors (Lipinski definition) is 4. The minimum Gasteiger partial charge on any atom is -0.379 e. The van der Waals surface area contributed by atoms with E-state index >= 15 is 0 Å². The number of ether oxygens (including phenoxy) is 2. The molecule has 0 spiro atoms. The van der Waals surface area contributed by atoms with Gasteiger partial charge in [-0.15, -0.1) is 0 Å². The number of halogens is 1. The molecule has 0 unspecified atom stereocenters. The van der Waals surface area contributed by atoms with Crippen molar-refractivity contribution in [3.8, 4) is 0 Å². The first-order chi connectivity index (χ1) is 11.0. The molecule has 0 N–H and O–H groups in total. The molecule has 1 saturated heterocycles. The van der Waals surface area contributed by atoms with Gasteiger partial charge >= 0.3 is 0 Å².